The van der Waals surface area contributed by atoms with Gasteiger partial charge in [0, 0.05) is 16.9 Å². The first-order valence-electron chi connectivity index (χ1n) is 6.65. The predicted octanol–water partition coefficient (Wildman–Crippen LogP) is 3.65. The normalized spacial score (nSPS) is 12.7. The van der Waals surface area contributed by atoms with Gasteiger partial charge in [-0.15, -0.1) is 11.3 Å². The molecule has 0 bridgehead atoms. The number of thiazole rings is 1. The Hall–Kier alpha value is -1.68. The zero-order valence-corrected chi connectivity index (χ0v) is 11.7. The summed E-state index contributed by atoms with van der Waals surface area (Å²) in [6.07, 6.45) is 3.50. The molecule has 4 heteroatoms. The van der Waals surface area contributed by atoms with Gasteiger partial charge in [0.1, 0.15) is 0 Å². The Balaban J connectivity index is 1.90. The second-order valence-electron chi connectivity index (χ2n) is 4.75. The second kappa shape index (κ2) is 5.13. The minimum Gasteiger partial charge on any atom is -0.302 e. The van der Waals surface area contributed by atoms with Crippen LogP contribution in [0.5, 0.6) is 0 Å². The van der Waals surface area contributed by atoms with Crippen LogP contribution in [0.4, 0.5) is 5.13 Å². The van der Waals surface area contributed by atoms with Gasteiger partial charge in [-0.05, 0) is 24.8 Å². The van der Waals surface area contributed by atoms with Crippen molar-refractivity contribution in [3.8, 4) is 11.3 Å². The summed E-state index contributed by atoms with van der Waals surface area (Å²) in [5, 5.41) is 3.64. The minimum absolute atomic E-state index is 0.0573. The number of aryl methyl sites for hydroxylation is 2. The summed E-state index contributed by atoms with van der Waals surface area (Å²) >= 11 is 1.61. The van der Waals surface area contributed by atoms with E-state index in [-0.39, 0.29) is 5.91 Å². The molecule has 1 amide bonds. The first-order chi connectivity index (χ1) is 9.28. The van der Waals surface area contributed by atoms with Crippen LogP contribution in [0.2, 0.25) is 0 Å². The maximum absolute atomic E-state index is 11.6. The molecule has 1 aliphatic carbocycles. The molecule has 0 saturated heterocycles. The zero-order valence-electron chi connectivity index (χ0n) is 10.9. The van der Waals surface area contributed by atoms with Crippen LogP contribution in [0.1, 0.15) is 30.2 Å². The molecule has 3 rings (SSSR count). The van der Waals surface area contributed by atoms with Crippen LogP contribution in [-0.4, -0.2) is 10.9 Å². The fraction of sp³-hybridized carbons (Fsp3) is 0.333. The lowest BCUT2D eigenvalue weighted by atomic mass is 9.94. The molecule has 1 aromatic carbocycles. The number of rotatable bonds is 3. The Morgan fingerprint density at radius 2 is 2.21 bits per heavy atom. The number of benzene rings is 1. The van der Waals surface area contributed by atoms with Crippen LogP contribution in [0.3, 0.4) is 0 Å². The lowest BCUT2D eigenvalue weighted by Crippen LogP contribution is -2.10. The predicted molar refractivity (Wildman–Crippen MR) is 78.5 cm³/mol. The van der Waals surface area contributed by atoms with E-state index in [1.807, 2.05) is 13.0 Å². The average molecular weight is 272 g/mol. The maximum atomic E-state index is 11.6. The van der Waals surface area contributed by atoms with E-state index in [0.717, 1.165) is 30.1 Å². The van der Waals surface area contributed by atoms with Crippen molar-refractivity contribution in [3.05, 3.63) is 34.7 Å². The average Bonchev–Trinajstić information content (AvgIpc) is 2.81. The molecule has 0 aliphatic heterocycles. The highest BCUT2D eigenvalue weighted by Crippen LogP contribution is 2.37. The highest BCUT2D eigenvalue weighted by Gasteiger charge is 2.20. The summed E-state index contributed by atoms with van der Waals surface area (Å²) in [6, 6.07) is 8.39. The Morgan fingerprint density at radius 3 is 3.05 bits per heavy atom. The Morgan fingerprint density at radius 1 is 1.37 bits per heavy atom. The third-order valence-electron chi connectivity index (χ3n) is 3.31. The van der Waals surface area contributed by atoms with Crippen molar-refractivity contribution < 1.29 is 4.79 Å². The lowest BCUT2D eigenvalue weighted by molar-refractivity contribution is -0.116. The van der Waals surface area contributed by atoms with Gasteiger partial charge < -0.3 is 5.32 Å². The SMILES string of the molecule is CCCC(=O)Nc1nc2c(s1)CCc1ccccc1-2. The standard InChI is InChI=1S/C15H16N2OS/c1-2-5-13(18)16-15-17-14-11-7-4-3-6-10(11)8-9-12(14)19-15/h3-4,6-7H,2,5,8-9H2,1H3,(H,16,17,18). The van der Waals surface area contributed by atoms with E-state index in [0.29, 0.717) is 6.42 Å². The Labute approximate surface area is 116 Å². The number of nitrogens with one attached hydrogen (secondary N) is 1. The van der Waals surface area contributed by atoms with Crippen LogP contribution in [-0.2, 0) is 17.6 Å². The van der Waals surface area contributed by atoms with Gasteiger partial charge in [0.2, 0.25) is 5.91 Å². The van der Waals surface area contributed by atoms with E-state index in [4.69, 9.17) is 0 Å². The molecule has 0 saturated carbocycles. The van der Waals surface area contributed by atoms with E-state index in [2.05, 4.69) is 28.5 Å². The molecule has 0 radical (unpaired) electrons. The molecule has 0 atom stereocenters. The number of hydrogen-bond donors (Lipinski definition) is 1. The quantitative estimate of drug-likeness (QED) is 0.926. The van der Waals surface area contributed by atoms with Gasteiger partial charge in [-0.25, -0.2) is 4.98 Å². The third kappa shape index (κ3) is 2.40. The summed E-state index contributed by atoms with van der Waals surface area (Å²) in [4.78, 5) is 17.5. The van der Waals surface area contributed by atoms with Crippen molar-refractivity contribution in [2.45, 2.75) is 32.6 Å². The number of aromatic nitrogens is 1. The molecule has 19 heavy (non-hydrogen) atoms. The van der Waals surface area contributed by atoms with Crippen LogP contribution in [0.15, 0.2) is 24.3 Å². The molecule has 0 unspecified atom stereocenters. The number of nitrogens with zero attached hydrogens (tertiary/aromatic N) is 1. The molecule has 1 N–H and O–H groups in total. The number of fused-ring (bicyclic) bond motifs is 3. The molecule has 1 aliphatic rings. The van der Waals surface area contributed by atoms with Crippen molar-refractivity contribution in [1.82, 2.24) is 4.98 Å². The second-order valence-corrected chi connectivity index (χ2v) is 5.83. The number of amides is 1. The number of carbonyl (C=O) groups excluding carboxylic acids is 1. The van der Waals surface area contributed by atoms with Gasteiger partial charge in [-0.2, -0.15) is 0 Å². The largest absolute Gasteiger partial charge is 0.302 e. The third-order valence-corrected chi connectivity index (χ3v) is 4.35. The van der Waals surface area contributed by atoms with Crippen LogP contribution < -0.4 is 5.32 Å². The smallest absolute Gasteiger partial charge is 0.226 e. The van der Waals surface area contributed by atoms with Gasteiger partial charge in [0.25, 0.3) is 0 Å². The van der Waals surface area contributed by atoms with E-state index in [1.54, 1.807) is 11.3 Å². The van der Waals surface area contributed by atoms with Gasteiger partial charge in [0.05, 0.1) is 5.69 Å². The number of hydrogen-bond acceptors (Lipinski definition) is 3. The Kier molecular flexibility index (Phi) is 3.34. The molecule has 3 nitrogen and oxygen atoms in total. The minimum atomic E-state index is 0.0573. The lowest BCUT2D eigenvalue weighted by Gasteiger charge is -2.13. The number of anilines is 1. The molecule has 1 heterocycles. The van der Waals surface area contributed by atoms with Crippen molar-refractivity contribution in [2.24, 2.45) is 0 Å². The maximum Gasteiger partial charge on any atom is 0.226 e. The van der Waals surface area contributed by atoms with Gasteiger partial charge >= 0.3 is 0 Å². The topological polar surface area (TPSA) is 42.0 Å². The zero-order chi connectivity index (χ0) is 13.2. The van der Waals surface area contributed by atoms with Gasteiger partial charge in [-0.1, -0.05) is 31.2 Å². The first kappa shape index (κ1) is 12.4. The molecule has 0 spiro atoms. The number of carbonyl (C=O) groups is 1. The summed E-state index contributed by atoms with van der Waals surface area (Å²) in [6.45, 7) is 2.00. The fourth-order valence-corrected chi connectivity index (χ4v) is 3.40. The fourth-order valence-electron chi connectivity index (χ4n) is 2.41. The van der Waals surface area contributed by atoms with Crippen LogP contribution in [0.25, 0.3) is 11.3 Å². The van der Waals surface area contributed by atoms with Gasteiger partial charge in [-0.3, -0.25) is 4.79 Å². The molecular formula is C15H16N2OS. The van der Waals surface area contributed by atoms with Crippen LogP contribution >= 0.6 is 11.3 Å². The van der Waals surface area contributed by atoms with E-state index in [1.165, 1.54) is 16.0 Å². The Bertz CT molecular complexity index is 618. The highest BCUT2D eigenvalue weighted by atomic mass is 32.1. The summed E-state index contributed by atoms with van der Waals surface area (Å²) in [7, 11) is 0. The summed E-state index contributed by atoms with van der Waals surface area (Å²) < 4.78 is 0. The summed E-state index contributed by atoms with van der Waals surface area (Å²) in [5.74, 6) is 0.0573. The van der Waals surface area contributed by atoms with Crippen molar-refractivity contribution in [2.75, 3.05) is 5.32 Å². The van der Waals surface area contributed by atoms with Crippen molar-refractivity contribution in [3.63, 3.8) is 0 Å². The summed E-state index contributed by atoms with van der Waals surface area (Å²) in [5.41, 5.74) is 3.63. The van der Waals surface area contributed by atoms with Crippen molar-refractivity contribution >= 4 is 22.4 Å². The highest BCUT2D eigenvalue weighted by molar-refractivity contribution is 7.16. The molecule has 2 aromatic rings. The van der Waals surface area contributed by atoms with Crippen molar-refractivity contribution in [1.29, 1.82) is 0 Å². The monoisotopic (exact) mass is 272 g/mol. The van der Waals surface area contributed by atoms with Crippen LogP contribution in [0, 0.1) is 0 Å². The van der Waals surface area contributed by atoms with E-state index in [9.17, 15) is 4.79 Å². The van der Waals surface area contributed by atoms with E-state index >= 15 is 0 Å². The first-order valence-corrected chi connectivity index (χ1v) is 7.47. The molecule has 1 aromatic heterocycles. The molecule has 98 valence electrons. The van der Waals surface area contributed by atoms with Gasteiger partial charge in [0.15, 0.2) is 5.13 Å². The van der Waals surface area contributed by atoms with E-state index < -0.39 is 0 Å². The molecule has 0 fully saturated rings. The molecular weight excluding hydrogens is 256 g/mol.